The third kappa shape index (κ3) is 63.5. The van der Waals surface area contributed by atoms with Gasteiger partial charge in [0.1, 0.15) is 19.3 Å². The molecule has 0 saturated carbocycles. The van der Waals surface area contributed by atoms with Crippen molar-refractivity contribution in [2.75, 3.05) is 39.6 Å². The Morgan fingerprint density at radius 3 is 0.789 bits per heavy atom. The molecule has 0 spiro atoms. The molecule has 6 atom stereocenters. The number of esters is 4. The maximum absolute atomic E-state index is 13.0. The highest BCUT2D eigenvalue weighted by Gasteiger charge is 2.30. The zero-order chi connectivity index (χ0) is 66.8. The number of hydrogen-bond donors (Lipinski definition) is 3. The van der Waals surface area contributed by atoms with Crippen molar-refractivity contribution in [2.24, 2.45) is 23.7 Å². The number of phosphoric ester groups is 2. The molecule has 0 heterocycles. The van der Waals surface area contributed by atoms with Gasteiger partial charge in [-0.25, -0.2) is 9.13 Å². The van der Waals surface area contributed by atoms with E-state index in [1.165, 1.54) is 154 Å². The van der Waals surface area contributed by atoms with Crippen LogP contribution in [0.5, 0.6) is 0 Å². The quantitative estimate of drug-likeness (QED) is 0.0222. The molecule has 0 amide bonds. The summed E-state index contributed by atoms with van der Waals surface area (Å²) >= 11 is 0. The lowest BCUT2D eigenvalue weighted by molar-refractivity contribution is -0.161. The number of carbonyl (C=O) groups is 4. The lowest BCUT2D eigenvalue weighted by Crippen LogP contribution is -2.30. The Hall–Kier alpha value is -1.94. The van der Waals surface area contributed by atoms with Gasteiger partial charge in [-0.2, -0.15) is 0 Å². The van der Waals surface area contributed by atoms with E-state index in [4.69, 9.17) is 37.0 Å². The first-order valence-corrected chi connectivity index (χ1v) is 39.7. The summed E-state index contributed by atoms with van der Waals surface area (Å²) in [6.45, 7) is 14.1. The molecule has 0 aromatic carbocycles. The van der Waals surface area contributed by atoms with E-state index in [2.05, 4.69) is 55.4 Å². The van der Waals surface area contributed by atoms with Gasteiger partial charge in [0.05, 0.1) is 26.4 Å². The van der Waals surface area contributed by atoms with Crippen LogP contribution in [0.25, 0.3) is 0 Å². The third-order valence-corrected chi connectivity index (χ3v) is 18.6. The predicted molar refractivity (Wildman–Crippen MR) is 363 cm³/mol. The summed E-state index contributed by atoms with van der Waals surface area (Å²) in [5.41, 5.74) is 0. The molecule has 0 aromatic heterocycles. The molecule has 0 saturated heterocycles. The minimum atomic E-state index is -4.95. The maximum atomic E-state index is 13.0. The molecule has 0 rings (SSSR count). The fraction of sp³-hybridized carbons (Fsp3) is 0.944. The summed E-state index contributed by atoms with van der Waals surface area (Å²) in [5.74, 6) is 0.879. The van der Waals surface area contributed by atoms with Gasteiger partial charge >= 0.3 is 39.5 Å². The van der Waals surface area contributed by atoms with Gasteiger partial charge in [0.25, 0.3) is 0 Å². The molecule has 3 N–H and O–H groups in total. The Morgan fingerprint density at radius 1 is 0.311 bits per heavy atom. The second-order valence-electron chi connectivity index (χ2n) is 27.3. The SMILES string of the molecule is CCC(C)CCCCCCCCCCCCC(=O)OC[C@H](COP(=O)(O)OCC(O)COP(=O)(O)OC[C@@H](COC(=O)CCCCCCCCCCC(C)C)OC(=O)CCCCCCCCCC(C)C)OC(=O)CCCCCCCCCCCCCCC(C)C. The highest BCUT2D eigenvalue weighted by atomic mass is 31.2. The van der Waals surface area contributed by atoms with E-state index in [9.17, 15) is 43.2 Å². The highest BCUT2D eigenvalue weighted by Crippen LogP contribution is 2.45. The van der Waals surface area contributed by atoms with E-state index in [0.29, 0.717) is 31.6 Å². The monoisotopic (exact) mass is 1320 g/mol. The van der Waals surface area contributed by atoms with Gasteiger partial charge in [-0.05, 0) is 49.4 Å². The summed E-state index contributed by atoms with van der Waals surface area (Å²) in [7, 11) is -9.90. The van der Waals surface area contributed by atoms with Crippen molar-refractivity contribution in [3.8, 4) is 0 Å². The van der Waals surface area contributed by atoms with Crippen LogP contribution < -0.4 is 0 Å². The first-order chi connectivity index (χ1) is 43.1. The molecule has 0 fully saturated rings. The molecule has 4 unspecified atom stereocenters. The number of aliphatic hydroxyl groups excluding tert-OH is 1. The topological polar surface area (TPSA) is 237 Å². The second-order valence-corrected chi connectivity index (χ2v) is 30.2. The maximum Gasteiger partial charge on any atom is 0.472 e. The number of ether oxygens (including phenoxy) is 4. The summed E-state index contributed by atoms with van der Waals surface area (Å²) in [4.78, 5) is 72.6. The molecular weight excluding hydrogens is 1190 g/mol. The first kappa shape index (κ1) is 88.1. The van der Waals surface area contributed by atoms with Crippen molar-refractivity contribution < 1.29 is 80.2 Å². The molecule has 0 aromatic rings. The van der Waals surface area contributed by atoms with Gasteiger partial charge in [0.2, 0.25) is 0 Å². The Balaban J connectivity index is 5.26. The average Bonchev–Trinajstić information content (AvgIpc) is 3.71. The van der Waals surface area contributed by atoms with Crippen molar-refractivity contribution in [1.82, 2.24) is 0 Å². The number of phosphoric acid groups is 2. The van der Waals surface area contributed by atoms with Crippen LogP contribution in [-0.4, -0.2) is 96.7 Å². The Morgan fingerprint density at radius 2 is 0.533 bits per heavy atom. The Kier molecular flexibility index (Phi) is 59.4. The number of carbonyl (C=O) groups excluding carboxylic acids is 4. The van der Waals surface area contributed by atoms with Gasteiger partial charge in [-0.15, -0.1) is 0 Å². The number of rotatable bonds is 68. The van der Waals surface area contributed by atoms with E-state index in [1.807, 2.05) is 0 Å². The van der Waals surface area contributed by atoms with Crippen molar-refractivity contribution in [2.45, 2.75) is 369 Å². The van der Waals surface area contributed by atoms with Gasteiger partial charge in [-0.3, -0.25) is 37.3 Å². The van der Waals surface area contributed by atoms with Crippen LogP contribution in [0.4, 0.5) is 0 Å². The summed E-state index contributed by atoms with van der Waals surface area (Å²) in [6, 6.07) is 0. The van der Waals surface area contributed by atoms with Crippen LogP contribution in [0.3, 0.4) is 0 Å². The fourth-order valence-corrected chi connectivity index (χ4v) is 12.2. The highest BCUT2D eigenvalue weighted by molar-refractivity contribution is 7.47. The molecule has 0 aliphatic heterocycles. The minimum Gasteiger partial charge on any atom is -0.462 e. The molecule has 534 valence electrons. The molecule has 90 heavy (non-hydrogen) atoms. The zero-order valence-electron chi connectivity index (χ0n) is 58.8. The number of aliphatic hydroxyl groups is 1. The molecule has 17 nitrogen and oxygen atoms in total. The van der Waals surface area contributed by atoms with Crippen LogP contribution >= 0.6 is 15.6 Å². The van der Waals surface area contributed by atoms with Gasteiger partial charge in [0.15, 0.2) is 12.2 Å². The van der Waals surface area contributed by atoms with Gasteiger partial charge in [0, 0.05) is 25.7 Å². The summed E-state index contributed by atoms with van der Waals surface area (Å²) in [5, 5.41) is 10.6. The van der Waals surface area contributed by atoms with Crippen molar-refractivity contribution in [3.05, 3.63) is 0 Å². The Labute approximate surface area is 549 Å². The van der Waals surface area contributed by atoms with Crippen molar-refractivity contribution in [3.63, 3.8) is 0 Å². The molecular formula is C71H138O17P2. The zero-order valence-corrected chi connectivity index (χ0v) is 60.6. The fourth-order valence-electron chi connectivity index (χ4n) is 10.6. The largest absolute Gasteiger partial charge is 0.472 e. The molecule has 0 aliphatic rings. The van der Waals surface area contributed by atoms with E-state index in [1.54, 1.807) is 0 Å². The molecule has 0 bridgehead atoms. The third-order valence-electron chi connectivity index (χ3n) is 16.7. The van der Waals surface area contributed by atoms with Crippen LogP contribution in [0, 0.1) is 23.7 Å². The number of hydrogen-bond acceptors (Lipinski definition) is 15. The van der Waals surface area contributed by atoms with Gasteiger partial charge in [-0.1, -0.05) is 299 Å². The first-order valence-electron chi connectivity index (χ1n) is 36.7. The molecule has 0 radical (unpaired) electrons. The predicted octanol–water partition coefficient (Wildman–Crippen LogP) is 20.1. The Bertz CT molecular complexity index is 1780. The van der Waals surface area contributed by atoms with E-state index in [-0.39, 0.29) is 25.7 Å². The van der Waals surface area contributed by atoms with Crippen LogP contribution in [0.1, 0.15) is 351 Å². The van der Waals surface area contributed by atoms with Crippen molar-refractivity contribution >= 4 is 39.5 Å². The van der Waals surface area contributed by atoms with E-state index in [0.717, 1.165) is 108 Å². The minimum absolute atomic E-state index is 0.102. The van der Waals surface area contributed by atoms with E-state index < -0.39 is 97.5 Å². The van der Waals surface area contributed by atoms with Crippen LogP contribution in [0.2, 0.25) is 0 Å². The lowest BCUT2D eigenvalue weighted by atomic mass is 9.99. The molecule has 0 aliphatic carbocycles. The number of unbranched alkanes of at least 4 members (excludes halogenated alkanes) is 33. The van der Waals surface area contributed by atoms with Crippen molar-refractivity contribution in [1.29, 1.82) is 0 Å². The second kappa shape index (κ2) is 60.7. The lowest BCUT2D eigenvalue weighted by Gasteiger charge is -2.21. The normalized spacial score (nSPS) is 14.6. The average molecular weight is 1330 g/mol. The van der Waals surface area contributed by atoms with Gasteiger partial charge < -0.3 is 33.8 Å². The smallest absolute Gasteiger partial charge is 0.462 e. The van der Waals surface area contributed by atoms with E-state index >= 15 is 0 Å². The van der Waals surface area contributed by atoms with Crippen LogP contribution in [0.15, 0.2) is 0 Å². The standard InChI is InChI=1S/C71H138O17P2/c1-9-64(8)50-42-34-26-17-14-15-18-27-35-43-51-68(73)81-57-66(87-70(75)53-45-37-29-19-13-11-10-12-16-23-31-39-47-61(2)3)59-85-89(77,78)83-55-65(72)56-84-90(79,80)86-60-67(88-71(76)54-46-38-30-22-25-33-41-49-63(6)7)58-82-69(74)52-44-36-28-21-20-24-32-40-48-62(4)5/h61-67,72H,9-60H2,1-8H3,(H,77,78)(H,79,80)/t64?,65?,66-,67-/m1/s1. The summed E-state index contributed by atoms with van der Waals surface area (Å²) < 4.78 is 68.3. The van der Waals surface area contributed by atoms with Crippen LogP contribution in [-0.2, 0) is 65.4 Å². The molecule has 19 heteroatoms. The summed E-state index contributed by atoms with van der Waals surface area (Å²) in [6.07, 6.45) is 43.1.